The molecule has 0 saturated carbocycles. The van der Waals surface area contributed by atoms with Gasteiger partial charge in [-0.1, -0.05) is 0 Å². The van der Waals surface area contributed by atoms with E-state index >= 15 is 0 Å². The molecule has 2 rings (SSSR count). The summed E-state index contributed by atoms with van der Waals surface area (Å²) in [5, 5.41) is 2.97. The van der Waals surface area contributed by atoms with Gasteiger partial charge in [-0.3, -0.25) is 14.4 Å². The average Bonchev–Trinajstić information content (AvgIpc) is 2.38. The number of amides is 3. The van der Waals surface area contributed by atoms with Crippen LogP contribution in [0.2, 0.25) is 0 Å². The first-order valence-corrected chi connectivity index (χ1v) is 6.88. The molecular formula is C13H22N4O3. The highest BCUT2D eigenvalue weighted by atomic mass is 16.2. The fraction of sp³-hybridized carbons (Fsp3) is 0.769. The summed E-state index contributed by atoms with van der Waals surface area (Å²) in [7, 11) is 1.74. The molecule has 3 amide bonds. The molecule has 0 aromatic heterocycles. The predicted octanol–water partition coefficient (Wildman–Crippen LogP) is -1.50. The zero-order chi connectivity index (χ0) is 14.9. The van der Waals surface area contributed by atoms with Crippen LogP contribution >= 0.6 is 0 Å². The molecule has 0 radical (unpaired) electrons. The number of hydrogen-bond donors (Lipinski definition) is 1. The van der Waals surface area contributed by atoms with Crippen LogP contribution < -0.4 is 5.32 Å². The number of likely N-dealkylation sites (N-methyl/N-ethyl adjacent to an activating group) is 1. The Bertz CT molecular complexity index is 435. The van der Waals surface area contributed by atoms with Gasteiger partial charge in [0.2, 0.25) is 17.7 Å². The Labute approximate surface area is 118 Å². The first kappa shape index (κ1) is 14.8. The minimum atomic E-state index is -0.846. The van der Waals surface area contributed by atoms with Crippen LogP contribution in [-0.4, -0.2) is 84.3 Å². The molecule has 2 saturated heterocycles. The zero-order valence-corrected chi connectivity index (χ0v) is 12.3. The van der Waals surface area contributed by atoms with Gasteiger partial charge in [-0.2, -0.15) is 0 Å². The Morgan fingerprint density at radius 3 is 2.60 bits per heavy atom. The van der Waals surface area contributed by atoms with Crippen LogP contribution in [0.3, 0.4) is 0 Å². The van der Waals surface area contributed by atoms with E-state index in [2.05, 4.69) is 5.32 Å². The number of rotatable bonds is 2. The van der Waals surface area contributed by atoms with Gasteiger partial charge in [-0.05, 0) is 13.8 Å². The summed E-state index contributed by atoms with van der Waals surface area (Å²) in [6.07, 6.45) is 0. The van der Waals surface area contributed by atoms with Crippen molar-refractivity contribution < 1.29 is 14.4 Å². The maximum Gasteiger partial charge on any atom is 0.247 e. The summed E-state index contributed by atoms with van der Waals surface area (Å²) in [6.45, 7) is 6.11. The van der Waals surface area contributed by atoms with Crippen molar-refractivity contribution in [3.05, 3.63) is 0 Å². The van der Waals surface area contributed by atoms with Crippen LogP contribution in [0.4, 0.5) is 0 Å². The molecule has 0 aromatic carbocycles. The third kappa shape index (κ3) is 2.63. The van der Waals surface area contributed by atoms with E-state index < -0.39 is 5.54 Å². The van der Waals surface area contributed by atoms with E-state index in [1.807, 2.05) is 0 Å². The molecule has 0 unspecified atom stereocenters. The summed E-state index contributed by atoms with van der Waals surface area (Å²) < 4.78 is 0. The van der Waals surface area contributed by atoms with Gasteiger partial charge in [0, 0.05) is 33.2 Å². The molecule has 0 atom stereocenters. The first-order valence-electron chi connectivity index (χ1n) is 6.88. The molecule has 20 heavy (non-hydrogen) atoms. The van der Waals surface area contributed by atoms with E-state index in [9.17, 15) is 14.4 Å². The monoisotopic (exact) mass is 282 g/mol. The van der Waals surface area contributed by atoms with Gasteiger partial charge in [0.05, 0.1) is 13.1 Å². The largest absolute Gasteiger partial charge is 0.342 e. The molecule has 2 aliphatic heterocycles. The molecule has 7 heteroatoms. The molecule has 2 fully saturated rings. The third-order valence-corrected chi connectivity index (χ3v) is 4.02. The van der Waals surface area contributed by atoms with Gasteiger partial charge in [0.1, 0.15) is 5.54 Å². The molecule has 1 N–H and O–H groups in total. The highest BCUT2D eigenvalue weighted by molar-refractivity contribution is 5.93. The van der Waals surface area contributed by atoms with Crippen molar-refractivity contribution in [2.75, 3.05) is 46.3 Å². The van der Waals surface area contributed by atoms with E-state index in [-0.39, 0.29) is 30.8 Å². The number of hydrogen-bond acceptors (Lipinski definition) is 4. The standard InChI is InChI=1S/C13H22N4O3/c1-13(2)12(20)15(3)6-7-17(13)11(19)9-16-5-4-14-8-10(16)18/h14H,4-9H2,1-3H3. The van der Waals surface area contributed by atoms with Gasteiger partial charge < -0.3 is 20.0 Å². The molecule has 0 aliphatic carbocycles. The number of carbonyl (C=O) groups excluding carboxylic acids is 3. The van der Waals surface area contributed by atoms with Crippen molar-refractivity contribution in [1.29, 1.82) is 0 Å². The number of nitrogens with one attached hydrogen (secondary N) is 1. The molecule has 0 bridgehead atoms. The summed E-state index contributed by atoms with van der Waals surface area (Å²) in [4.78, 5) is 41.1. The predicted molar refractivity (Wildman–Crippen MR) is 72.9 cm³/mol. The maximum atomic E-state index is 12.4. The Morgan fingerprint density at radius 2 is 1.95 bits per heavy atom. The summed E-state index contributed by atoms with van der Waals surface area (Å²) >= 11 is 0. The fourth-order valence-corrected chi connectivity index (χ4v) is 2.71. The molecular weight excluding hydrogens is 260 g/mol. The van der Waals surface area contributed by atoms with E-state index in [0.29, 0.717) is 26.2 Å². The highest BCUT2D eigenvalue weighted by Gasteiger charge is 2.43. The smallest absolute Gasteiger partial charge is 0.247 e. The lowest BCUT2D eigenvalue weighted by atomic mass is 9.97. The van der Waals surface area contributed by atoms with Crippen molar-refractivity contribution in [3.63, 3.8) is 0 Å². The lowest BCUT2D eigenvalue weighted by molar-refractivity contribution is -0.158. The third-order valence-electron chi connectivity index (χ3n) is 4.02. The minimum Gasteiger partial charge on any atom is -0.342 e. The number of carbonyl (C=O) groups is 3. The molecule has 7 nitrogen and oxygen atoms in total. The van der Waals surface area contributed by atoms with E-state index in [0.717, 1.165) is 0 Å². The van der Waals surface area contributed by atoms with Crippen LogP contribution in [0.1, 0.15) is 13.8 Å². The van der Waals surface area contributed by atoms with E-state index in [1.165, 1.54) is 0 Å². The molecule has 0 aromatic rings. The lowest BCUT2D eigenvalue weighted by Crippen LogP contribution is -2.65. The van der Waals surface area contributed by atoms with Crippen molar-refractivity contribution >= 4 is 17.7 Å². The molecule has 2 heterocycles. The van der Waals surface area contributed by atoms with Crippen LogP contribution in [0, 0.1) is 0 Å². The molecule has 112 valence electrons. The lowest BCUT2D eigenvalue weighted by Gasteiger charge is -2.45. The van der Waals surface area contributed by atoms with Crippen molar-refractivity contribution in [2.24, 2.45) is 0 Å². The topological polar surface area (TPSA) is 73.0 Å². The normalized spacial score (nSPS) is 23.2. The average molecular weight is 282 g/mol. The summed E-state index contributed by atoms with van der Waals surface area (Å²) in [5.41, 5.74) is -0.846. The zero-order valence-electron chi connectivity index (χ0n) is 12.3. The van der Waals surface area contributed by atoms with Gasteiger partial charge >= 0.3 is 0 Å². The Hall–Kier alpha value is -1.63. The SMILES string of the molecule is CN1CCN(C(=O)CN2CCNCC2=O)C(C)(C)C1=O. The van der Waals surface area contributed by atoms with Gasteiger partial charge in [0.25, 0.3) is 0 Å². The number of nitrogens with zero attached hydrogens (tertiary/aromatic N) is 3. The summed E-state index contributed by atoms with van der Waals surface area (Å²) in [6, 6.07) is 0. The minimum absolute atomic E-state index is 0.0565. The van der Waals surface area contributed by atoms with Gasteiger partial charge in [-0.25, -0.2) is 0 Å². The first-order chi connectivity index (χ1) is 9.34. The van der Waals surface area contributed by atoms with Crippen molar-refractivity contribution in [3.8, 4) is 0 Å². The Morgan fingerprint density at radius 1 is 1.25 bits per heavy atom. The molecule has 2 aliphatic rings. The van der Waals surface area contributed by atoms with Crippen molar-refractivity contribution in [2.45, 2.75) is 19.4 Å². The van der Waals surface area contributed by atoms with Crippen LogP contribution in [-0.2, 0) is 14.4 Å². The number of piperazine rings is 2. The van der Waals surface area contributed by atoms with Crippen LogP contribution in [0.25, 0.3) is 0 Å². The van der Waals surface area contributed by atoms with Gasteiger partial charge in [-0.15, -0.1) is 0 Å². The van der Waals surface area contributed by atoms with Crippen LogP contribution in [0.15, 0.2) is 0 Å². The van der Waals surface area contributed by atoms with Crippen LogP contribution in [0.5, 0.6) is 0 Å². The quantitative estimate of drug-likeness (QED) is 0.669. The second kappa shape index (κ2) is 5.40. The van der Waals surface area contributed by atoms with Gasteiger partial charge in [0.15, 0.2) is 0 Å². The highest BCUT2D eigenvalue weighted by Crippen LogP contribution is 2.22. The van der Waals surface area contributed by atoms with Crippen molar-refractivity contribution in [1.82, 2.24) is 20.0 Å². The fourth-order valence-electron chi connectivity index (χ4n) is 2.71. The van der Waals surface area contributed by atoms with E-state index in [4.69, 9.17) is 0 Å². The second-order valence-corrected chi connectivity index (χ2v) is 5.82. The summed E-state index contributed by atoms with van der Waals surface area (Å²) in [5.74, 6) is -0.293. The van der Waals surface area contributed by atoms with E-state index in [1.54, 1.807) is 35.6 Å². The maximum absolute atomic E-state index is 12.4. The Balaban J connectivity index is 2.05. The Kier molecular flexibility index (Phi) is 3.99. The molecule has 0 spiro atoms. The second-order valence-electron chi connectivity index (χ2n) is 5.82.